The fourth-order valence-corrected chi connectivity index (χ4v) is 4.96. The molecule has 1 aliphatic rings. The second-order valence-corrected chi connectivity index (χ2v) is 9.21. The number of halogens is 1. The summed E-state index contributed by atoms with van der Waals surface area (Å²) in [5, 5.41) is 10.1. The number of likely N-dealkylation sites (N-methyl/N-ethyl adjacent to an activating group) is 1. The second kappa shape index (κ2) is 9.27. The molecule has 0 saturated carbocycles. The van der Waals surface area contributed by atoms with Crippen molar-refractivity contribution in [3.63, 3.8) is 0 Å². The lowest BCUT2D eigenvalue weighted by Gasteiger charge is -2.23. The fourth-order valence-electron chi connectivity index (χ4n) is 4.66. The summed E-state index contributed by atoms with van der Waals surface area (Å²) in [6, 6.07) is 0.334. The lowest BCUT2D eigenvalue weighted by atomic mass is 9.84. The van der Waals surface area contributed by atoms with E-state index in [0.717, 1.165) is 48.7 Å². The number of aryl methyl sites for hydroxylation is 1. The van der Waals surface area contributed by atoms with Crippen molar-refractivity contribution in [2.45, 2.75) is 77.8 Å². The van der Waals surface area contributed by atoms with Gasteiger partial charge in [-0.05, 0) is 46.7 Å². The first-order valence-corrected chi connectivity index (χ1v) is 11.8. The van der Waals surface area contributed by atoms with E-state index in [4.69, 9.17) is 26.2 Å². The topological polar surface area (TPSA) is 89.9 Å². The van der Waals surface area contributed by atoms with Crippen LogP contribution in [0.2, 0.25) is 5.15 Å². The maximum atomic E-state index is 12.4. The minimum absolute atomic E-state index is 0.183. The van der Waals surface area contributed by atoms with Gasteiger partial charge >= 0.3 is 0 Å². The summed E-state index contributed by atoms with van der Waals surface area (Å²) in [5.74, 6) is 1.04. The van der Waals surface area contributed by atoms with Gasteiger partial charge in [-0.25, -0.2) is 14.6 Å². The summed E-state index contributed by atoms with van der Waals surface area (Å²) in [6.07, 6.45) is 5.12. The largest absolute Gasteiger partial charge is 0.360 e. The van der Waals surface area contributed by atoms with Gasteiger partial charge in [-0.1, -0.05) is 37.0 Å². The van der Waals surface area contributed by atoms with E-state index in [2.05, 4.69) is 36.1 Å². The molecule has 172 valence electrons. The van der Waals surface area contributed by atoms with Crippen molar-refractivity contribution < 1.29 is 9.32 Å². The van der Waals surface area contributed by atoms with Crippen molar-refractivity contribution in [3.8, 4) is 11.5 Å². The Morgan fingerprint density at radius 3 is 2.78 bits per heavy atom. The Bertz CT molecular complexity index is 1140. The number of carbonyl (C=O) groups is 1. The Balaban J connectivity index is 1.79. The Morgan fingerprint density at radius 2 is 2.09 bits per heavy atom. The molecule has 0 amide bonds. The Hall–Kier alpha value is -2.32. The molecule has 3 aromatic heterocycles. The first-order chi connectivity index (χ1) is 15.3. The van der Waals surface area contributed by atoms with Crippen LogP contribution in [0.25, 0.3) is 22.6 Å². The third-order valence-electron chi connectivity index (χ3n) is 6.46. The Labute approximate surface area is 193 Å². The number of ketones is 1. The summed E-state index contributed by atoms with van der Waals surface area (Å²) >= 11 is 6.62. The van der Waals surface area contributed by atoms with Crippen molar-refractivity contribution in [2.24, 2.45) is 0 Å². The van der Waals surface area contributed by atoms with Crippen LogP contribution in [0.1, 0.15) is 68.9 Å². The fraction of sp³-hybridized carbons (Fsp3) is 0.609. The minimum atomic E-state index is -0.230. The summed E-state index contributed by atoms with van der Waals surface area (Å²) < 4.78 is 7.60. The smallest absolute Gasteiger partial charge is 0.185 e. The molecule has 32 heavy (non-hydrogen) atoms. The normalized spacial score (nSPS) is 17.2. The van der Waals surface area contributed by atoms with E-state index in [1.54, 1.807) is 0 Å². The summed E-state index contributed by atoms with van der Waals surface area (Å²) in [5.41, 5.74) is 3.02. The van der Waals surface area contributed by atoms with E-state index in [1.165, 1.54) is 0 Å². The van der Waals surface area contributed by atoms with E-state index >= 15 is 0 Å². The number of hydrogen-bond acceptors (Lipinski definition) is 7. The zero-order valence-corrected chi connectivity index (χ0v) is 20.2. The first kappa shape index (κ1) is 22.9. The highest BCUT2D eigenvalue weighted by molar-refractivity contribution is 6.34. The average Bonchev–Trinajstić information content (AvgIpc) is 3.34. The number of hydrogen-bond donors (Lipinski definition) is 0. The van der Waals surface area contributed by atoms with Gasteiger partial charge in [0.1, 0.15) is 10.9 Å². The van der Waals surface area contributed by atoms with Gasteiger partial charge in [0.25, 0.3) is 0 Å². The standard InChI is InChI=1S/C23H31ClN6O2/c1-6-9-14(29(4)5)12-30-23-18(13(3)27-30)21(24)25-22(26-23)19-16-11-8-10-15(17(31)7-2)20(16)32-28-19/h14-15H,6-12H2,1-5H3. The molecule has 0 aromatic carbocycles. The SMILES string of the molecule is CCCC(Cn1nc(C)c2c(Cl)nc(-c3noc4c3CCCC4C(=O)CC)nc21)N(C)C. The number of Topliss-reactive ketones (excluding diaryl/α,β-unsaturated/α-hetero) is 1. The molecule has 0 N–H and O–H groups in total. The summed E-state index contributed by atoms with van der Waals surface area (Å²) in [4.78, 5) is 24.0. The number of carbonyl (C=O) groups excluding carboxylic acids is 1. The Kier molecular flexibility index (Phi) is 6.62. The predicted octanol–water partition coefficient (Wildman–Crippen LogP) is 4.57. The van der Waals surface area contributed by atoms with Gasteiger partial charge in [-0.3, -0.25) is 4.79 Å². The summed E-state index contributed by atoms with van der Waals surface area (Å²) in [6.45, 7) is 6.71. The summed E-state index contributed by atoms with van der Waals surface area (Å²) in [7, 11) is 4.17. The van der Waals surface area contributed by atoms with Crippen molar-refractivity contribution in [3.05, 3.63) is 22.2 Å². The molecular formula is C23H31ClN6O2. The molecule has 3 heterocycles. The van der Waals surface area contributed by atoms with Crippen molar-refractivity contribution in [2.75, 3.05) is 14.1 Å². The van der Waals surface area contributed by atoms with Crippen LogP contribution < -0.4 is 0 Å². The van der Waals surface area contributed by atoms with Gasteiger partial charge in [-0.2, -0.15) is 5.10 Å². The average molecular weight is 459 g/mol. The van der Waals surface area contributed by atoms with E-state index in [0.29, 0.717) is 47.1 Å². The van der Waals surface area contributed by atoms with Gasteiger partial charge < -0.3 is 9.42 Å². The monoisotopic (exact) mass is 458 g/mol. The number of aromatic nitrogens is 5. The molecular weight excluding hydrogens is 428 g/mol. The van der Waals surface area contributed by atoms with Gasteiger partial charge in [0, 0.05) is 18.0 Å². The third kappa shape index (κ3) is 4.06. The number of rotatable bonds is 8. The highest BCUT2D eigenvalue weighted by Gasteiger charge is 2.33. The molecule has 2 atom stereocenters. The van der Waals surface area contributed by atoms with Crippen LogP contribution in [0.4, 0.5) is 0 Å². The molecule has 2 unspecified atom stereocenters. The van der Waals surface area contributed by atoms with E-state index < -0.39 is 0 Å². The Morgan fingerprint density at radius 1 is 1.31 bits per heavy atom. The lowest BCUT2D eigenvalue weighted by Crippen LogP contribution is -2.32. The lowest BCUT2D eigenvalue weighted by molar-refractivity contribution is -0.120. The van der Waals surface area contributed by atoms with Crippen LogP contribution >= 0.6 is 11.6 Å². The predicted molar refractivity (Wildman–Crippen MR) is 124 cm³/mol. The van der Waals surface area contributed by atoms with Crippen LogP contribution in [0.15, 0.2) is 4.52 Å². The molecule has 0 fully saturated rings. The molecule has 4 rings (SSSR count). The zero-order chi connectivity index (χ0) is 23.0. The maximum Gasteiger partial charge on any atom is 0.185 e. The quantitative estimate of drug-likeness (QED) is 0.456. The highest BCUT2D eigenvalue weighted by atomic mass is 35.5. The van der Waals surface area contributed by atoms with E-state index in [1.807, 2.05) is 18.5 Å². The number of nitrogens with zero attached hydrogens (tertiary/aromatic N) is 6. The third-order valence-corrected chi connectivity index (χ3v) is 6.74. The van der Waals surface area contributed by atoms with Crippen LogP contribution in [0.5, 0.6) is 0 Å². The zero-order valence-electron chi connectivity index (χ0n) is 19.5. The molecule has 0 aliphatic heterocycles. The molecule has 8 nitrogen and oxygen atoms in total. The van der Waals surface area contributed by atoms with E-state index in [9.17, 15) is 4.79 Å². The van der Waals surface area contributed by atoms with Gasteiger partial charge in [0.15, 0.2) is 22.9 Å². The maximum absolute atomic E-state index is 12.4. The van der Waals surface area contributed by atoms with Crippen LogP contribution in [0.3, 0.4) is 0 Å². The van der Waals surface area contributed by atoms with Crippen molar-refractivity contribution in [1.82, 2.24) is 29.8 Å². The highest BCUT2D eigenvalue weighted by Crippen LogP contribution is 2.38. The molecule has 0 spiro atoms. The molecule has 9 heteroatoms. The van der Waals surface area contributed by atoms with Crippen LogP contribution in [-0.2, 0) is 17.8 Å². The van der Waals surface area contributed by atoms with Crippen molar-refractivity contribution in [1.29, 1.82) is 0 Å². The van der Waals surface area contributed by atoms with Gasteiger partial charge in [0.2, 0.25) is 0 Å². The van der Waals surface area contributed by atoms with E-state index in [-0.39, 0.29) is 11.7 Å². The molecule has 1 aliphatic carbocycles. The van der Waals surface area contributed by atoms with Gasteiger partial charge in [-0.15, -0.1) is 0 Å². The van der Waals surface area contributed by atoms with Crippen LogP contribution in [-0.4, -0.2) is 55.7 Å². The van der Waals surface area contributed by atoms with Gasteiger partial charge in [0.05, 0.1) is 23.5 Å². The number of fused-ring (bicyclic) bond motifs is 2. The minimum Gasteiger partial charge on any atom is -0.360 e. The molecule has 0 bridgehead atoms. The second-order valence-electron chi connectivity index (χ2n) is 8.85. The van der Waals surface area contributed by atoms with Crippen LogP contribution in [0, 0.1) is 6.92 Å². The van der Waals surface area contributed by atoms with Crippen molar-refractivity contribution >= 4 is 28.4 Å². The molecule has 3 aromatic rings. The molecule has 0 saturated heterocycles. The first-order valence-electron chi connectivity index (χ1n) is 11.4. The molecule has 0 radical (unpaired) electrons.